The molecule has 40 heavy (non-hydrogen) atoms. The molecule has 0 unspecified atom stereocenters. The Bertz CT molecular complexity index is 1150. The van der Waals surface area contributed by atoms with Gasteiger partial charge >= 0.3 is 0 Å². The van der Waals surface area contributed by atoms with Crippen LogP contribution in [0.4, 0.5) is 11.4 Å². The maximum absolute atomic E-state index is 10.7. The standard InChI is InChI=1S/C30H40N6O2S2/c1-34(17-15-31-12-2-13-32-29-8-4-27(24-37)5-9-29)20-22-39-40-23-21-36-19-18-35(26-36)16-3-14-33-30-10-6-28(25-38)7-11-30/h4-11,15,17-19,24-26,31H,2-3,12-14,16,20-23H2,1H3,(H-,32,33,37,38)/p+2/b17-15-. The molecule has 1 heterocycles. The number of nitrogens with one attached hydrogen (secondary N) is 2. The first-order valence-electron chi connectivity index (χ1n) is 13.7. The highest BCUT2D eigenvalue weighted by Gasteiger charge is 2.04. The Morgan fingerprint density at radius 3 is 2.17 bits per heavy atom. The van der Waals surface area contributed by atoms with E-state index in [0.29, 0.717) is 11.1 Å². The Morgan fingerprint density at radius 2 is 1.52 bits per heavy atom. The van der Waals surface area contributed by atoms with Gasteiger partial charge in [0.05, 0.1) is 25.8 Å². The summed E-state index contributed by atoms with van der Waals surface area (Å²) in [6.07, 6.45) is 14.6. The Labute approximate surface area is 246 Å². The molecule has 0 radical (unpaired) electrons. The minimum absolute atomic E-state index is 0.700. The number of hydrogen-bond donors (Lipinski definition) is 3. The molecule has 2 aromatic carbocycles. The van der Waals surface area contributed by atoms with Gasteiger partial charge in [-0.25, -0.2) is 9.13 Å². The molecule has 0 spiro atoms. The lowest BCUT2D eigenvalue weighted by Crippen LogP contribution is -2.78. The fourth-order valence-electron chi connectivity index (χ4n) is 3.83. The van der Waals surface area contributed by atoms with Crippen LogP contribution < -0.4 is 20.5 Å². The fraction of sp³-hybridized carbons (Fsp3) is 0.367. The predicted octanol–water partition coefficient (Wildman–Crippen LogP) is 3.75. The number of benzene rings is 2. The molecule has 0 aliphatic carbocycles. The van der Waals surface area contributed by atoms with Crippen molar-refractivity contribution in [2.75, 3.05) is 55.4 Å². The van der Waals surface area contributed by atoms with Gasteiger partial charge in [-0.15, -0.1) is 0 Å². The van der Waals surface area contributed by atoms with Gasteiger partial charge in [0.1, 0.15) is 31.2 Å². The lowest BCUT2D eigenvalue weighted by Gasteiger charge is -2.12. The quantitative estimate of drug-likeness (QED) is 0.0763. The summed E-state index contributed by atoms with van der Waals surface area (Å²) in [5, 5.41) is 9.00. The van der Waals surface area contributed by atoms with Gasteiger partial charge in [0.15, 0.2) is 0 Å². The van der Waals surface area contributed by atoms with E-state index in [4.69, 9.17) is 0 Å². The van der Waals surface area contributed by atoms with E-state index >= 15 is 0 Å². The molecule has 0 amide bonds. The van der Waals surface area contributed by atoms with E-state index in [9.17, 15) is 9.59 Å². The van der Waals surface area contributed by atoms with Crippen molar-refractivity contribution in [3.05, 3.63) is 90.8 Å². The number of aromatic nitrogens is 2. The van der Waals surface area contributed by atoms with Gasteiger partial charge in [-0.2, -0.15) is 0 Å². The average molecular weight is 583 g/mol. The Kier molecular flexibility index (Phi) is 14.9. The van der Waals surface area contributed by atoms with E-state index in [-0.39, 0.29) is 0 Å². The maximum atomic E-state index is 10.7. The lowest BCUT2D eigenvalue weighted by atomic mass is 10.2. The van der Waals surface area contributed by atoms with Crippen molar-refractivity contribution in [1.29, 1.82) is 0 Å². The number of carbonyl (C=O) groups is 2. The van der Waals surface area contributed by atoms with Gasteiger partial charge < -0.3 is 20.9 Å². The summed E-state index contributed by atoms with van der Waals surface area (Å²) in [6.45, 7) is 5.84. The molecule has 3 aromatic rings. The number of nitrogens with two attached hydrogens (primary N) is 1. The van der Waals surface area contributed by atoms with E-state index in [2.05, 4.69) is 68.2 Å². The highest BCUT2D eigenvalue weighted by atomic mass is 33.1. The summed E-state index contributed by atoms with van der Waals surface area (Å²) in [7, 11) is 5.98. The lowest BCUT2D eigenvalue weighted by molar-refractivity contribution is -0.696. The van der Waals surface area contributed by atoms with Crippen LogP contribution in [-0.2, 0) is 13.1 Å². The van der Waals surface area contributed by atoms with E-state index in [0.717, 1.165) is 87.6 Å². The number of imidazole rings is 1. The van der Waals surface area contributed by atoms with Gasteiger partial charge in [0.2, 0.25) is 6.33 Å². The van der Waals surface area contributed by atoms with Crippen molar-refractivity contribution >= 4 is 45.5 Å². The van der Waals surface area contributed by atoms with Crippen molar-refractivity contribution in [2.45, 2.75) is 25.9 Å². The molecular formula is C30H42N6O2S2+2. The fourth-order valence-corrected chi connectivity index (χ4v) is 5.87. The highest BCUT2D eigenvalue weighted by Crippen LogP contribution is 2.21. The molecule has 0 fully saturated rings. The maximum Gasteiger partial charge on any atom is 0.243 e. The van der Waals surface area contributed by atoms with Gasteiger partial charge in [-0.3, -0.25) is 9.59 Å². The first kappa shape index (κ1) is 31.3. The highest BCUT2D eigenvalue weighted by molar-refractivity contribution is 8.76. The Balaban J connectivity index is 1.13. The van der Waals surface area contributed by atoms with Crippen LogP contribution in [0.1, 0.15) is 33.6 Å². The molecule has 0 aliphatic rings. The topological polar surface area (TPSA) is 86.9 Å². The number of aldehydes is 2. The largest absolute Gasteiger partial charge is 0.385 e. The molecule has 0 saturated carbocycles. The summed E-state index contributed by atoms with van der Waals surface area (Å²) in [6, 6.07) is 15.1. The van der Waals surface area contributed by atoms with E-state index in [1.165, 1.54) is 0 Å². The third kappa shape index (κ3) is 12.8. The average Bonchev–Trinajstić information content (AvgIpc) is 3.44. The van der Waals surface area contributed by atoms with Crippen LogP contribution in [0.2, 0.25) is 0 Å². The molecule has 8 nitrogen and oxygen atoms in total. The molecule has 3 rings (SSSR count). The molecule has 1 aromatic heterocycles. The minimum atomic E-state index is 0.700. The van der Waals surface area contributed by atoms with Crippen LogP contribution in [0.5, 0.6) is 0 Å². The van der Waals surface area contributed by atoms with E-state index in [1.54, 1.807) is 0 Å². The molecule has 0 saturated heterocycles. The third-order valence-corrected chi connectivity index (χ3v) is 8.52. The van der Waals surface area contributed by atoms with Crippen molar-refractivity contribution in [2.24, 2.45) is 0 Å². The SMILES string of the molecule is CN(/C=C\[NH2+]CCCNc1ccc(C=O)cc1)CCSSCCn1cc[n+](CCCNc2ccc(C=O)cc2)c1. The molecule has 10 heteroatoms. The zero-order chi connectivity index (χ0) is 28.3. The third-order valence-electron chi connectivity index (χ3n) is 6.16. The second kappa shape index (κ2) is 19.0. The number of nitrogens with zero attached hydrogens (tertiary/aromatic N) is 3. The second-order valence-corrected chi connectivity index (χ2v) is 12.1. The van der Waals surface area contributed by atoms with Crippen LogP contribution >= 0.6 is 21.6 Å². The summed E-state index contributed by atoms with van der Waals surface area (Å²) >= 11 is 0. The van der Waals surface area contributed by atoms with Crippen LogP contribution in [0.15, 0.2) is 79.7 Å². The predicted molar refractivity (Wildman–Crippen MR) is 168 cm³/mol. The zero-order valence-corrected chi connectivity index (χ0v) is 24.9. The number of hydrogen-bond acceptors (Lipinski definition) is 7. The monoisotopic (exact) mass is 582 g/mol. The van der Waals surface area contributed by atoms with E-state index < -0.39 is 0 Å². The summed E-state index contributed by atoms with van der Waals surface area (Å²) in [5.41, 5.74) is 3.50. The normalized spacial score (nSPS) is 11.0. The Hall–Kier alpha value is -3.21. The first-order chi connectivity index (χ1) is 19.7. The van der Waals surface area contributed by atoms with Crippen LogP contribution in [0.3, 0.4) is 0 Å². The summed E-state index contributed by atoms with van der Waals surface area (Å²) in [5.74, 6) is 2.18. The number of rotatable bonds is 21. The molecule has 4 N–H and O–H groups in total. The first-order valence-corrected chi connectivity index (χ1v) is 16.2. The molecular weight excluding hydrogens is 541 g/mol. The molecule has 0 atom stereocenters. The van der Waals surface area contributed by atoms with Crippen molar-refractivity contribution < 1.29 is 19.5 Å². The van der Waals surface area contributed by atoms with E-state index in [1.807, 2.05) is 70.1 Å². The number of anilines is 2. The zero-order valence-electron chi connectivity index (χ0n) is 23.3. The summed E-state index contributed by atoms with van der Waals surface area (Å²) < 4.78 is 4.49. The van der Waals surface area contributed by atoms with Gasteiger partial charge in [-0.1, -0.05) is 21.6 Å². The van der Waals surface area contributed by atoms with Crippen LogP contribution in [0, 0.1) is 0 Å². The second-order valence-electron chi connectivity index (χ2n) is 9.42. The van der Waals surface area contributed by atoms with Gasteiger partial charge in [0.25, 0.3) is 0 Å². The van der Waals surface area contributed by atoms with Crippen LogP contribution in [0.25, 0.3) is 0 Å². The summed E-state index contributed by atoms with van der Waals surface area (Å²) in [4.78, 5) is 23.7. The minimum Gasteiger partial charge on any atom is -0.385 e. The van der Waals surface area contributed by atoms with Gasteiger partial charge in [-0.05, 0) is 48.5 Å². The molecule has 0 bridgehead atoms. The van der Waals surface area contributed by atoms with Gasteiger partial charge in [0, 0.05) is 73.5 Å². The number of aryl methyl sites for hydroxylation is 2. The number of quaternary nitrogens is 1. The molecule has 0 aliphatic heterocycles. The smallest absolute Gasteiger partial charge is 0.243 e. The number of carbonyl (C=O) groups excluding carboxylic acids is 2. The van der Waals surface area contributed by atoms with Crippen molar-refractivity contribution in [3.63, 3.8) is 0 Å². The molecule has 214 valence electrons. The van der Waals surface area contributed by atoms with Crippen molar-refractivity contribution in [1.82, 2.24) is 9.47 Å². The Morgan fingerprint density at radius 1 is 0.900 bits per heavy atom. The van der Waals surface area contributed by atoms with Crippen molar-refractivity contribution in [3.8, 4) is 0 Å². The van der Waals surface area contributed by atoms with Crippen LogP contribution in [-0.4, -0.2) is 66.8 Å².